The molecule has 2 N–H and O–H groups in total. The van der Waals surface area contributed by atoms with Crippen LogP contribution in [0.1, 0.15) is 24.5 Å². The molecule has 1 aromatic carbocycles. The third kappa shape index (κ3) is 2.64. The Labute approximate surface area is 129 Å². The lowest BCUT2D eigenvalue weighted by atomic mass is 9.89. The highest BCUT2D eigenvalue weighted by molar-refractivity contribution is 7.92. The number of phenolic OH excluding ortho intramolecular Hbond substituents is 1. The molecule has 8 heteroatoms. The van der Waals surface area contributed by atoms with Crippen LogP contribution < -0.4 is 9.03 Å². The van der Waals surface area contributed by atoms with Gasteiger partial charge in [-0.3, -0.25) is 4.79 Å². The van der Waals surface area contributed by atoms with Gasteiger partial charge in [-0.2, -0.15) is 8.42 Å². The first kappa shape index (κ1) is 15.1. The molecule has 1 unspecified atom stereocenters. The minimum Gasteiger partial charge on any atom is -0.506 e. The van der Waals surface area contributed by atoms with Crippen molar-refractivity contribution in [1.29, 1.82) is 0 Å². The Morgan fingerprint density at radius 1 is 1.41 bits per heavy atom. The average molecular weight is 326 g/mol. The summed E-state index contributed by atoms with van der Waals surface area (Å²) in [5.41, 5.74) is 2.09. The molecular formula is C14H18N2O5S. The molecule has 0 bridgehead atoms. The van der Waals surface area contributed by atoms with E-state index in [0.29, 0.717) is 13.0 Å². The number of aromatic hydroxyl groups is 1. The van der Waals surface area contributed by atoms with E-state index in [4.69, 9.17) is 4.74 Å². The van der Waals surface area contributed by atoms with Crippen LogP contribution in [0.25, 0.3) is 0 Å². The van der Waals surface area contributed by atoms with E-state index < -0.39 is 16.1 Å². The second-order valence-electron chi connectivity index (χ2n) is 5.47. The fraction of sp³-hybridized carbons (Fsp3) is 0.500. The highest BCUT2D eigenvalue weighted by atomic mass is 32.2. The summed E-state index contributed by atoms with van der Waals surface area (Å²) in [7, 11) is -3.91. The largest absolute Gasteiger partial charge is 0.506 e. The molecule has 1 fully saturated rings. The van der Waals surface area contributed by atoms with Crippen LogP contribution in [-0.4, -0.2) is 38.7 Å². The predicted molar refractivity (Wildman–Crippen MR) is 80.0 cm³/mol. The number of phenols is 1. The van der Waals surface area contributed by atoms with Gasteiger partial charge in [-0.15, -0.1) is 0 Å². The molecule has 1 atom stereocenters. The fourth-order valence-corrected chi connectivity index (χ4v) is 4.14. The van der Waals surface area contributed by atoms with Crippen molar-refractivity contribution < 1.29 is 23.1 Å². The fourth-order valence-electron chi connectivity index (χ4n) is 2.99. The number of nitrogens with zero attached hydrogens (tertiary/aromatic N) is 1. The molecule has 1 saturated heterocycles. The number of hydrogen-bond acceptors (Lipinski definition) is 5. The van der Waals surface area contributed by atoms with E-state index in [0.717, 1.165) is 28.3 Å². The SMILES string of the molecule is CCOC1CCc2cc(N3CC(=O)NS3(=O)=O)c(O)cc2C1. The Kier molecular flexibility index (Phi) is 3.73. The molecule has 1 amide bonds. The van der Waals surface area contributed by atoms with Gasteiger partial charge in [0.25, 0.3) is 5.91 Å². The first-order valence-corrected chi connectivity index (χ1v) is 8.64. The predicted octanol–water partition coefficient (Wildman–Crippen LogP) is 0.467. The van der Waals surface area contributed by atoms with Gasteiger partial charge in [-0.05, 0) is 49.4 Å². The Balaban J connectivity index is 1.94. The smallest absolute Gasteiger partial charge is 0.326 e. The molecule has 120 valence electrons. The maximum Gasteiger partial charge on any atom is 0.326 e. The van der Waals surface area contributed by atoms with Crippen molar-refractivity contribution in [3.63, 3.8) is 0 Å². The lowest BCUT2D eigenvalue weighted by Crippen LogP contribution is -2.30. The van der Waals surface area contributed by atoms with Crippen molar-refractivity contribution in [2.45, 2.75) is 32.3 Å². The zero-order chi connectivity index (χ0) is 15.9. The van der Waals surface area contributed by atoms with Gasteiger partial charge < -0.3 is 9.84 Å². The summed E-state index contributed by atoms with van der Waals surface area (Å²) >= 11 is 0. The molecule has 7 nitrogen and oxygen atoms in total. The van der Waals surface area contributed by atoms with E-state index in [9.17, 15) is 18.3 Å². The highest BCUT2D eigenvalue weighted by Gasteiger charge is 2.36. The van der Waals surface area contributed by atoms with Crippen molar-refractivity contribution in [1.82, 2.24) is 4.72 Å². The number of nitrogens with one attached hydrogen (secondary N) is 1. The molecule has 1 heterocycles. The second-order valence-corrected chi connectivity index (χ2v) is 7.06. The zero-order valence-corrected chi connectivity index (χ0v) is 13.0. The number of carbonyl (C=O) groups is 1. The first-order chi connectivity index (χ1) is 10.4. The highest BCUT2D eigenvalue weighted by Crippen LogP contribution is 2.36. The van der Waals surface area contributed by atoms with Crippen LogP contribution in [0.4, 0.5) is 5.69 Å². The van der Waals surface area contributed by atoms with Crippen LogP contribution in [0.2, 0.25) is 0 Å². The van der Waals surface area contributed by atoms with Crippen molar-refractivity contribution >= 4 is 21.8 Å². The quantitative estimate of drug-likeness (QED) is 0.841. The third-order valence-corrected chi connectivity index (χ3v) is 5.36. The molecule has 3 rings (SSSR count). The zero-order valence-electron chi connectivity index (χ0n) is 12.2. The molecule has 0 saturated carbocycles. The van der Waals surface area contributed by atoms with Crippen molar-refractivity contribution in [3.05, 3.63) is 23.3 Å². The number of hydrogen-bond donors (Lipinski definition) is 2. The van der Waals surface area contributed by atoms with E-state index in [1.54, 1.807) is 12.1 Å². The number of rotatable bonds is 3. The van der Waals surface area contributed by atoms with Gasteiger partial charge >= 0.3 is 10.2 Å². The lowest BCUT2D eigenvalue weighted by molar-refractivity contribution is -0.117. The number of anilines is 1. The van der Waals surface area contributed by atoms with E-state index in [1.807, 2.05) is 11.6 Å². The maximum atomic E-state index is 11.9. The van der Waals surface area contributed by atoms with Crippen molar-refractivity contribution in [2.24, 2.45) is 0 Å². The average Bonchev–Trinajstić information content (AvgIpc) is 2.71. The molecule has 0 aromatic heterocycles. The molecule has 0 radical (unpaired) electrons. The molecule has 1 aliphatic carbocycles. The van der Waals surface area contributed by atoms with E-state index in [1.165, 1.54) is 0 Å². The van der Waals surface area contributed by atoms with Gasteiger partial charge in [-0.1, -0.05) is 0 Å². The summed E-state index contributed by atoms with van der Waals surface area (Å²) in [6.07, 6.45) is 2.43. The van der Waals surface area contributed by atoms with Crippen LogP contribution in [0.15, 0.2) is 12.1 Å². The van der Waals surface area contributed by atoms with E-state index >= 15 is 0 Å². The van der Waals surface area contributed by atoms with Crippen molar-refractivity contribution in [3.8, 4) is 5.75 Å². The Hall–Kier alpha value is -1.80. The Bertz CT molecular complexity index is 716. The molecular weight excluding hydrogens is 308 g/mol. The molecule has 1 aliphatic heterocycles. The van der Waals surface area contributed by atoms with Crippen molar-refractivity contribution in [2.75, 3.05) is 17.5 Å². The van der Waals surface area contributed by atoms with Crippen LogP contribution in [-0.2, 0) is 32.6 Å². The number of aryl methyl sites for hydroxylation is 1. The Morgan fingerprint density at radius 3 is 2.82 bits per heavy atom. The van der Waals surface area contributed by atoms with Gasteiger partial charge in [0.15, 0.2) is 0 Å². The molecule has 1 aromatic rings. The van der Waals surface area contributed by atoms with E-state index in [-0.39, 0.29) is 24.1 Å². The summed E-state index contributed by atoms with van der Waals surface area (Å²) in [6.45, 7) is 2.28. The normalized spacial score (nSPS) is 23.2. The summed E-state index contributed by atoms with van der Waals surface area (Å²) in [5.74, 6) is -0.746. The Morgan fingerprint density at radius 2 is 2.18 bits per heavy atom. The minimum absolute atomic E-state index is 0.126. The number of fused-ring (bicyclic) bond motifs is 1. The van der Waals surface area contributed by atoms with E-state index in [2.05, 4.69) is 0 Å². The van der Waals surface area contributed by atoms with Crippen LogP contribution in [0.3, 0.4) is 0 Å². The number of carbonyl (C=O) groups excluding carboxylic acids is 1. The van der Waals surface area contributed by atoms with Crippen LogP contribution in [0, 0.1) is 0 Å². The van der Waals surface area contributed by atoms with Gasteiger partial charge in [0.2, 0.25) is 0 Å². The van der Waals surface area contributed by atoms with Crippen LogP contribution >= 0.6 is 0 Å². The molecule has 0 spiro atoms. The number of amides is 1. The topological polar surface area (TPSA) is 95.9 Å². The summed E-state index contributed by atoms with van der Waals surface area (Å²) in [5, 5.41) is 10.2. The second kappa shape index (κ2) is 5.44. The van der Waals surface area contributed by atoms with Gasteiger partial charge in [-0.25, -0.2) is 9.03 Å². The molecule has 2 aliphatic rings. The van der Waals surface area contributed by atoms with Gasteiger partial charge in [0, 0.05) is 6.61 Å². The monoisotopic (exact) mass is 326 g/mol. The standard InChI is InChI=1S/C14H18N2O5S/c1-2-21-11-4-3-9-6-12(13(17)7-10(9)5-11)16-8-14(18)15-22(16,19)20/h6-7,11,17H,2-5,8H2,1H3,(H,15,18). The summed E-state index contributed by atoms with van der Waals surface area (Å²) < 4.78 is 32.2. The van der Waals surface area contributed by atoms with Gasteiger partial charge in [0.05, 0.1) is 11.8 Å². The summed E-state index contributed by atoms with van der Waals surface area (Å²) in [4.78, 5) is 11.3. The number of benzene rings is 1. The summed E-state index contributed by atoms with van der Waals surface area (Å²) in [6, 6.07) is 3.23. The molecule has 22 heavy (non-hydrogen) atoms. The number of ether oxygens (including phenoxy) is 1. The lowest BCUT2D eigenvalue weighted by Gasteiger charge is -2.26. The van der Waals surface area contributed by atoms with Gasteiger partial charge in [0.1, 0.15) is 12.3 Å². The minimum atomic E-state index is -3.91. The first-order valence-electron chi connectivity index (χ1n) is 7.20. The van der Waals surface area contributed by atoms with Crippen LogP contribution in [0.5, 0.6) is 5.75 Å². The third-order valence-electron chi connectivity index (χ3n) is 3.97. The maximum absolute atomic E-state index is 11.9.